The average molecular weight is 266 g/mol. The highest BCUT2D eigenvalue weighted by Crippen LogP contribution is 2.39. The van der Waals surface area contributed by atoms with Crippen LogP contribution in [0.4, 0.5) is 0 Å². The third-order valence-corrected chi connectivity index (χ3v) is 5.42. The zero-order chi connectivity index (χ0) is 13.9. The van der Waals surface area contributed by atoms with Crippen molar-refractivity contribution in [1.29, 1.82) is 0 Å². The van der Waals surface area contributed by atoms with Crippen LogP contribution in [0.25, 0.3) is 0 Å². The van der Waals surface area contributed by atoms with Gasteiger partial charge in [-0.25, -0.2) is 0 Å². The van der Waals surface area contributed by atoms with Gasteiger partial charge >= 0.3 is 0 Å². The molecule has 0 aromatic heterocycles. The molecule has 1 aliphatic carbocycles. The monoisotopic (exact) mass is 266 g/mol. The van der Waals surface area contributed by atoms with Gasteiger partial charge in [0.1, 0.15) is 0 Å². The van der Waals surface area contributed by atoms with E-state index in [0.29, 0.717) is 11.6 Å². The van der Waals surface area contributed by atoms with Crippen molar-refractivity contribution >= 4 is 0 Å². The van der Waals surface area contributed by atoms with Crippen LogP contribution in [0.3, 0.4) is 0 Å². The van der Waals surface area contributed by atoms with Crippen LogP contribution in [-0.4, -0.2) is 35.6 Å². The average Bonchev–Trinajstić information content (AvgIpc) is 2.84. The normalized spacial score (nSPS) is 27.8. The zero-order valence-corrected chi connectivity index (χ0v) is 13.5. The maximum absolute atomic E-state index is 3.87. The van der Waals surface area contributed by atoms with Crippen molar-refractivity contribution < 1.29 is 0 Å². The van der Waals surface area contributed by atoms with E-state index in [1.165, 1.54) is 58.0 Å². The van der Waals surface area contributed by atoms with Crippen molar-refractivity contribution in [3.05, 3.63) is 0 Å². The number of hydrogen-bond acceptors (Lipinski definition) is 2. The van der Waals surface area contributed by atoms with Gasteiger partial charge in [0, 0.05) is 30.7 Å². The Morgan fingerprint density at radius 1 is 1.16 bits per heavy atom. The number of hydrogen-bond donors (Lipinski definition) is 1. The molecule has 1 unspecified atom stereocenters. The first kappa shape index (κ1) is 15.3. The van der Waals surface area contributed by atoms with Crippen LogP contribution in [0, 0.1) is 5.92 Å². The molecule has 2 fully saturated rings. The maximum Gasteiger partial charge on any atom is 0.0337 e. The van der Waals surface area contributed by atoms with Gasteiger partial charge in [-0.15, -0.1) is 0 Å². The number of nitrogens with one attached hydrogen (secondary N) is 1. The Morgan fingerprint density at radius 3 is 2.32 bits per heavy atom. The molecule has 2 heteroatoms. The lowest BCUT2D eigenvalue weighted by Gasteiger charge is -2.52. The fraction of sp³-hybridized carbons (Fsp3) is 1.00. The summed E-state index contributed by atoms with van der Waals surface area (Å²) in [5, 5.41) is 3.87. The van der Waals surface area contributed by atoms with E-state index in [1.54, 1.807) is 0 Å². The van der Waals surface area contributed by atoms with E-state index in [9.17, 15) is 0 Å². The summed E-state index contributed by atoms with van der Waals surface area (Å²) in [5.74, 6) is 0.804. The molecule has 2 rings (SSSR count). The summed E-state index contributed by atoms with van der Waals surface area (Å²) in [5.41, 5.74) is 0.504. The number of rotatable bonds is 5. The molecule has 2 aliphatic rings. The van der Waals surface area contributed by atoms with Crippen LogP contribution in [0.1, 0.15) is 72.6 Å². The van der Waals surface area contributed by atoms with Gasteiger partial charge < -0.3 is 5.32 Å². The molecule has 1 saturated heterocycles. The summed E-state index contributed by atoms with van der Waals surface area (Å²) in [6.45, 7) is 12.0. The molecule has 112 valence electrons. The molecule has 1 spiro atoms. The SMILES string of the molecule is CCC(CC)N1CC(CC(C)C)NCC12CCCC2. The second-order valence-corrected chi connectivity index (χ2v) is 7.26. The predicted molar refractivity (Wildman–Crippen MR) is 83.5 cm³/mol. The van der Waals surface area contributed by atoms with E-state index >= 15 is 0 Å². The molecule has 0 bridgehead atoms. The Balaban J connectivity index is 2.09. The molecule has 2 nitrogen and oxygen atoms in total. The van der Waals surface area contributed by atoms with E-state index in [-0.39, 0.29) is 0 Å². The zero-order valence-electron chi connectivity index (χ0n) is 13.5. The standard InChI is InChI=1S/C17H34N2/c1-5-16(6-2)19-12-15(11-14(3)4)18-13-17(19)9-7-8-10-17/h14-16,18H,5-13H2,1-4H3. The van der Waals surface area contributed by atoms with Crippen molar-refractivity contribution in [3.8, 4) is 0 Å². The van der Waals surface area contributed by atoms with Crippen LogP contribution in [0.2, 0.25) is 0 Å². The first-order chi connectivity index (χ1) is 9.11. The molecule has 19 heavy (non-hydrogen) atoms. The molecule has 1 saturated carbocycles. The van der Waals surface area contributed by atoms with Gasteiger partial charge in [0.25, 0.3) is 0 Å². The van der Waals surface area contributed by atoms with Crippen molar-refractivity contribution in [2.75, 3.05) is 13.1 Å². The Labute approximate surface area is 120 Å². The second kappa shape index (κ2) is 6.58. The summed E-state index contributed by atoms with van der Waals surface area (Å²) in [6, 6.07) is 1.52. The summed E-state index contributed by atoms with van der Waals surface area (Å²) in [4.78, 5) is 2.92. The highest BCUT2D eigenvalue weighted by molar-refractivity contribution is 5.03. The summed E-state index contributed by atoms with van der Waals surface area (Å²) < 4.78 is 0. The summed E-state index contributed by atoms with van der Waals surface area (Å²) >= 11 is 0. The summed E-state index contributed by atoms with van der Waals surface area (Å²) in [6.07, 6.45) is 9.67. The molecule has 0 radical (unpaired) electrons. The van der Waals surface area contributed by atoms with Crippen LogP contribution >= 0.6 is 0 Å². The lowest BCUT2D eigenvalue weighted by atomic mass is 9.86. The van der Waals surface area contributed by atoms with Crippen molar-refractivity contribution in [2.45, 2.75) is 90.3 Å². The lowest BCUT2D eigenvalue weighted by Crippen LogP contribution is -2.66. The molecule has 0 amide bonds. The van der Waals surface area contributed by atoms with Gasteiger partial charge in [0.05, 0.1) is 0 Å². The van der Waals surface area contributed by atoms with Gasteiger partial charge in [0.2, 0.25) is 0 Å². The Morgan fingerprint density at radius 2 is 1.79 bits per heavy atom. The van der Waals surface area contributed by atoms with Gasteiger partial charge in [-0.05, 0) is 38.0 Å². The van der Waals surface area contributed by atoms with Gasteiger partial charge in [-0.1, -0.05) is 40.5 Å². The molecular weight excluding hydrogens is 232 g/mol. The van der Waals surface area contributed by atoms with Crippen molar-refractivity contribution in [1.82, 2.24) is 10.2 Å². The molecule has 0 aromatic carbocycles. The molecule has 1 heterocycles. The Bertz CT molecular complexity index is 264. The first-order valence-corrected chi connectivity index (χ1v) is 8.61. The van der Waals surface area contributed by atoms with Crippen LogP contribution in [-0.2, 0) is 0 Å². The van der Waals surface area contributed by atoms with E-state index in [1.807, 2.05) is 0 Å². The quantitative estimate of drug-likeness (QED) is 0.814. The highest BCUT2D eigenvalue weighted by Gasteiger charge is 2.45. The molecule has 1 atom stereocenters. The third-order valence-electron chi connectivity index (χ3n) is 5.42. The molecule has 1 aliphatic heterocycles. The fourth-order valence-electron chi connectivity index (χ4n) is 4.42. The predicted octanol–water partition coefficient (Wildman–Crippen LogP) is 3.81. The fourth-order valence-corrected chi connectivity index (χ4v) is 4.42. The van der Waals surface area contributed by atoms with Crippen LogP contribution in [0.15, 0.2) is 0 Å². The van der Waals surface area contributed by atoms with Crippen LogP contribution < -0.4 is 5.32 Å². The van der Waals surface area contributed by atoms with E-state index < -0.39 is 0 Å². The van der Waals surface area contributed by atoms with Crippen LogP contribution in [0.5, 0.6) is 0 Å². The van der Waals surface area contributed by atoms with Gasteiger partial charge in [-0.3, -0.25) is 4.90 Å². The first-order valence-electron chi connectivity index (χ1n) is 8.61. The van der Waals surface area contributed by atoms with Crippen molar-refractivity contribution in [3.63, 3.8) is 0 Å². The topological polar surface area (TPSA) is 15.3 Å². The Hall–Kier alpha value is -0.0800. The molecule has 0 aromatic rings. The molecule has 1 N–H and O–H groups in total. The van der Waals surface area contributed by atoms with E-state index in [4.69, 9.17) is 0 Å². The third kappa shape index (κ3) is 3.33. The number of piperazine rings is 1. The smallest absolute Gasteiger partial charge is 0.0337 e. The minimum absolute atomic E-state index is 0.504. The second-order valence-electron chi connectivity index (χ2n) is 7.26. The maximum atomic E-state index is 3.87. The largest absolute Gasteiger partial charge is 0.311 e. The van der Waals surface area contributed by atoms with Crippen molar-refractivity contribution in [2.24, 2.45) is 5.92 Å². The highest BCUT2D eigenvalue weighted by atomic mass is 15.3. The molecular formula is C17H34N2. The minimum atomic E-state index is 0.504. The lowest BCUT2D eigenvalue weighted by molar-refractivity contribution is -0.00131. The van der Waals surface area contributed by atoms with Gasteiger partial charge in [0.15, 0.2) is 0 Å². The van der Waals surface area contributed by atoms with Gasteiger partial charge in [-0.2, -0.15) is 0 Å². The van der Waals surface area contributed by atoms with E-state index in [2.05, 4.69) is 37.9 Å². The van der Waals surface area contributed by atoms with E-state index in [0.717, 1.165) is 12.0 Å². The minimum Gasteiger partial charge on any atom is -0.311 e. The summed E-state index contributed by atoms with van der Waals surface area (Å²) in [7, 11) is 0. The number of nitrogens with zero attached hydrogens (tertiary/aromatic N) is 1. The Kier molecular flexibility index (Phi) is 5.30.